The molecule has 21 nitrogen and oxygen atoms in total. The Morgan fingerprint density at radius 1 is 1.23 bits per heavy atom. The minimum atomic E-state index is -4.68. The third-order valence-corrected chi connectivity index (χ3v) is 9.70. The van der Waals surface area contributed by atoms with Crippen LogP contribution in [0.15, 0.2) is 45.7 Å². The van der Waals surface area contributed by atoms with Crippen LogP contribution in [0.3, 0.4) is 0 Å². The van der Waals surface area contributed by atoms with Crippen LogP contribution in [-0.2, 0) is 48.6 Å². The number of aliphatic carboxylic acids is 2. The standard InChI is InChI=1S/C24H25N7O14S2/c1-9-12-4-14(32)15(33)6-29(12)47(41,42)30(9)13-5-24(21(39)40,44-19(13)36)31-18(35)10(7-43-31)26-17(34)16(11-8-46-22(25)27-11)28-45-23(2,3)20(37)38/h4,6,8,10,13,32-33H,5,7H2,1-3H3,(H2,25,27)(H,26,34)(H,37,38)(H,39,40)/b28-16-/t10-,13?,24?/m0/s1. The fraction of sp³-hybridized carbons (Fsp3) is 0.375. The molecular weight excluding hydrogens is 674 g/mol. The second-order valence-electron chi connectivity index (χ2n) is 10.7. The number of carboxylic acids is 2. The summed E-state index contributed by atoms with van der Waals surface area (Å²) in [5.74, 6) is -8.56. The van der Waals surface area contributed by atoms with Crippen molar-refractivity contribution in [1.29, 1.82) is 0 Å². The van der Waals surface area contributed by atoms with Gasteiger partial charge in [0.15, 0.2) is 28.4 Å². The monoisotopic (exact) mass is 699 g/mol. The number of rotatable bonds is 9. The van der Waals surface area contributed by atoms with Gasteiger partial charge in [0.05, 0.1) is 24.0 Å². The van der Waals surface area contributed by atoms with E-state index in [1.807, 2.05) is 0 Å². The van der Waals surface area contributed by atoms with E-state index in [0.29, 0.717) is 14.8 Å². The molecule has 5 heterocycles. The number of nitrogen functional groups attached to an aromatic ring is 1. The maximum absolute atomic E-state index is 13.4. The summed E-state index contributed by atoms with van der Waals surface area (Å²) in [5.41, 5.74) is -0.227. The van der Waals surface area contributed by atoms with Crippen molar-refractivity contribution < 1.29 is 67.2 Å². The number of hydroxylamine groups is 2. The average molecular weight is 700 g/mol. The molecule has 252 valence electrons. The number of oxime groups is 1. The molecule has 2 saturated heterocycles. The van der Waals surface area contributed by atoms with Gasteiger partial charge in [0.2, 0.25) is 5.60 Å². The van der Waals surface area contributed by atoms with E-state index in [1.165, 1.54) is 12.3 Å². The van der Waals surface area contributed by atoms with Crippen LogP contribution in [-0.4, -0.2) is 113 Å². The largest absolute Gasteiger partial charge is 0.504 e. The Balaban J connectivity index is 1.40. The zero-order valence-electron chi connectivity index (χ0n) is 24.3. The van der Waals surface area contributed by atoms with E-state index in [2.05, 4.69) is 15.5 Å². The average Bonchev–Trinajstić information content (AvgIpc) is 3.70. The molecule has 23 heteroatoms. The summed E-state index contributed by atoms with van der Waals surface area (Å²) < 4.78 is 32.9. The zero-order chi connectivity index (χ0) is 34.8. The quantitative estimate of drug-likeness (QED) is 0.0982. The summed E-state index contributed by atoms with van der Waals surface area (Å²) in [5, 5.41) is 46.6. The molecule has 0 saturated carbocycles. The van der Waals surface area contributed by atoms with Crippen molar-refractivity contribution in [3.63, 3.8) is 0 Å². The van der Waals surface area contributed by atoms with Crippen LogP contribution in [0.4, 0.5) is 5.13 Å². The molecule has 0 radical (unpaired) electrons. The van der Waals surface area contributed by atoms with Crippen molar-refractivity contribution in [1.82, 2.24) is 24.0 Å². The first-order valence-electron chi connectivity index (χ1n) is 13.1. The highest BCUT2D eigenvalue weighted by Crippen LogP contribution is 2.43. The van der Waals surface area contributed by atoms with Crippen LogP contribution in [0.25, 0.3) is 0 Å². The summed E-state index contributed by atoms with van der Waals surface area (Å²) in [6.45, 7) is 2.85. The molecule has 0 bridgehead atoms. The Kier molecular flexibility index (Phi) is 7.80. The maximum atomic E-state index is 13.4. The van der Waals surface area contributed by atoms with Crippen molar-refractivity contribution in [2.45, 2.75) is 50.6 Å². The van der Waals surface area contributed by atoms with Gasteiger partial charge in [-0.2, -0.15) is 13.5 Å². The first-order chi connectivity index (χ1) is 21.8. The van der Waals surface area contributed by atoms with Crippen molar-refractivity contribution in [3.8, 4) is 0 Å². The van der Waals surface area contributed by atoms with Crippen molar-refractivity contribution in [2.24, 2.45) is 5.16 Å². The number of carbonyl (C=O) groups excluding carboxylic acids is 3. The van der Waals surface area contributed by atoms with Crippen LogP contribution in [0.2, 0.25) is 0 Å². The van der Waals surface area contributed by atoms with Gasteiger partial charge in [0.25, 0.3) is 11.8 Å². The SMILES string of the molecule is CC1=C2C=C(O)C(O)=CN2S(=O)(=O)N1C1CC(C(=O)O)(N2OC[C@H](NC(=O)/C(=N\OC(C)(C)C(=O)O)c3csc(N)n3)C2=O)OC1=O. The number of esters is 1. The second kappa shape index (κ2) is 11.1. The van der Waals surface area contributed by atoms with Gasteiger partial charge in [-0.1, -0.05) is 5.16 Å². The summed E-state index contributed by atoms with van der Waals surface area (Å²) in [6, 6.07) is -3.49. The molecule has 4 aliphatic rings. The van der Waals surface area contributed by atoms with Crippen LogP contribution in [0.5, 0.6) is 0 Å². The number of thiazole rings is 1. The lowest BCUT2D eigenvalue weighted by Gasteiger charge is -2.31. The number of hydrogen-bond acceptors (Lipinski definition) is 16. The number of ether oxygens (including phenoxy) is 1. The molecule has 7 N–H and O–H groups in total. The summed E-state index contributed by atoms with van der Waals surface area (Å²) >= 11 is 0.907. The Bertz CT molecular complexity index is 1850. The van der Waals surface area contributed by atoms with Gasteiger partial charge in [0.1, 0.15) is 18.3 Å². The summed E-state index contributed by atoms with van der Waals surface area (Å²) in [6.07, 6.45) is 0.609. The number of hydrogen-bond donors (Lipinski definition) is 6. The lowest BCUT2D eigenvalue weighted by atomic mass is 10.1. The normalized spacial score (nSPS) is 25.8. The van der Waals surface area contributed by atoms with E-state index >= 15 is 0 Å². The number of aromatic nitrogens is 1. The van der Waals surface area contributed by atoms with Gasteiger partial charge in [-0.3, -0.25) is 14.4 Å². The number of carbonyl (C=O) groups is 5. The van der Waals surface area contributed by atoms with Crippen molar-refractivity contribution >= 4 is 62.1 Å². The molecule has 0 aliphatic carbocycles. The van der Waals surface area contributed by atoms with Gasteiger partial charge in [-0.25, -0.2) is 28.0 Å². The van der Waals surface area contributed by atoms with E-state index in [0.717, 1.165) is 31.3 Å². The highest BCUT2D eigenvalue weighted by molar-refractivity contribution is 7.87. The molecule has 1 aromatic heterocycles. The molecule has 3 atom stereocenters. The molecule has 47 heavy (non-hydrogen) atoms. The Morgan fingerprint density at radius 3 is 2.51 bits per heavy atom. The zero-order valence-corrected chi connectivity index (χ0v) is 25.9. The Labute approximate surface area is 267 Å². The van der Waals surface area contributed by atoms with Gasteiger partial charge in [-0.15, -0.1) is 11.3 Å². The minimum absolute atomic E-state index is 0.00745. The lowest BCUT2D eigenvalue weighted by molar-refractivity contribution is -0.256. The number of fused-ring (bicyclic) bond motifs is 1. The predicted molar refractivity (Wildman–Crippen MR) is 152 cm³/mol. The van der Waals surface area contributed by atoms with E-state index in [9.17, 15) is 52.8 Å². The maximum Gasteiger partial charge on any atom is 0.372 e. The number of allylic oxidation sites excluding steroid dienone is 2. The Hall–Kier alpha value is -5.42. The topological polar surface area (TPSA) is 301 Å². The number of aliphatic hydroxyl groups excluding tert-OH is 2. The van der Waals surface area contributed by atoms with E-state index in [1.54, 1.807) is 0 Å². The van der Waals surface area contributed by atoms with Gasteiger partial charge in [0, 0.05) is 11.5 Å². The number of cyclic esters (lactones) is 1. The minimum Gasteiger partial charge on any atom is -0.504 e. The van der Waals surface area contributed by atoms with Crippen LogP contribution in [0, 0.1) is 0 Å². The van der Waals surface area contributed by atoms with Gasteiger partial charge < -0.3 is 41.1 Å². The van der Waals surface area contributed by atoms with Crippen LogP contribution >= 0.6 is 11.3 Å². The van der Waals surface area contributed by atoms with Gasteiger partial charge >= 0.3 is 33.8 Å². The number of anilines is 1. The van der Waals surface area contributed by atoms with Crippen molar-refractivity contribution in [2.75, 3.05) is 12.3 Å². The third kappa shape index (κ3) is 5.32. The van der Waals surface area contributed by atoms with Crippen LogP contribution < -0.4 is 11.1 Å². The highest BCUT2D eigenvalue weighted by Gasteiger charge is 2.65. The number of nitrogens with zero attached hydrogens (tertiary/aromatic N) is 5. The highest BCUT2D eigenvalue weighted by atomic mass is 32.2. The third-order valence-electron chi connectivity index (χ3n) is 7.20. The number of nitrogens with one attached hydrogen (secondary N) is 1. The molecule has 5 rings (SSSR count). The summed E-state index contributed by atoms with van der Waals surface area (Å²) in [7, 11) is -4.68. The first-order valence-corrected chi connectivity index (χ1v) is 15.4. The van der Waals surface area contributed by atoms with Crippen molar-refractivity contribution in [3.05, 3.63) is 46.3 Å². The van der Waals surface area contributed by atoms with E-state index < -0.39 is 93.6 Å². The fourth-order valence-electron chi connectivity index (χ4n) is 4.72. The molecular formula is C24H25N7O14S2. The fourth-order valence-corrected chi connectivity index (χ4v) is 7.05. The molecule has 2 fully saturated rings. The molecule has 0 aromatic carbocycles. The lowest BCUT2D eigenvalue weighted by Crippen LogP contribution is -2.57. The van der Waals surface area contributed by atoms with Gasteiger partial charge in [-0.05, 0) is 20.8 Å². The van der Waals surface area contributed by atoms with Crippen LogP contribution in [0.1, 0.15) is 32.9 Å². The molecule has 1 aromatic rings. The number of aliphatic hydroxyl groups is 2. The van der Waals surface area contributed by atoms with E-state index in [-0.39, 0.29) is 27.3 Å². The molecule has 2 amide bonds. The molecule has 0 spiro atoms. The molecule has 2 unspecified atom stereocenters. The first kappa shape index (κ1) is 33.0. The number of nitrogens with two attached hydrogens (primary N) is 1. The predicted octanol–water partition coefficient (Wildman–Crippen LogP) is -1.39. The number of amides is 2. The number of carboxylic acid groups (broad SMARTS) is 2. The van der Waals surface area contributed by atoms with E-state index in [4.69, 9.17) is 20.1 Å². The Morgan fingerprint density at radius 2 is 1.91 bits per heavy atom. The molecule has 4 aliphatic heterocycles. The smallest absolute Gasteiger partial charge is 0.372 e. The summed E-state index contributed by atoms with van der Waals surface area (Å²) in [4.78, 5) is 78.0. The second-order valence-corrected chi connectivity index (χ2v) is 13.3.